The first kappa shape index (κ1) is 28.8. The van der Waals surface area contributed by atoms with Crippen molar-refractivity contribution in [1.29, 1.82) is 0 Å². The smallest absolute Gasteiger partial charge is 0.251 e. The highest BCUT2D eigenvalue weighted by Crippen LogP contribution is 2.65. The second kappa shape index (κ2) is 11.3. The molecule has 3 rings (SSSR count). The molecule has 2 atom stereocenters. The zero-order chi connectivity index (χ0) is 27.5. The lowest BCUT2D eigenvalue weighted by Crippen LogP contribution is -2.43. The quantitative estimate of drug-likeness (QED) is 0.273. The zero-order valence-electron chi connectivity index (χ0n) is 22.1. The van der Waals surface area contributed by atoms with Crippen LogP contribution >= 0.6 is 0 Å². The molecule has 0 unspecified atom stereocenters. The summed E-state index contributed by atoms with van der Waals surface area (Å²) in [6.07, 6.45) is 1.11. The zero-order valence-corrected chi connectivity index (χ0v) is 22.1. The van der Waals surface area contributed by atoms with Crippen LogP contribution in [0, 0.1) is 24.0 Å². The standard InChI is InChI=1S/C29H36F4N2O2/c1-6-26(36)20-8-7-19(18(2)11-20)14-24(35(4)5)17-34-27(37)16-25(29(9-10-29)28(3,32)33)21-12-22(30)15-23(31)13-21/h7-8,11-13,15,24-25H,6,9-10,14,16-17H2,1-5H3,(H,34,37)/t24-,25-/m0/s1. The minimum absolute atomic E-state index is 0.0740. The average Bonchev–Trinajstić information content (AvgIpc) is 3.61. The molecule has 0 radical (unpaired) electrons. The number of likely N-dealkylation sites (N-methyl/N-ethyl adjacent to an activating group) is 1. The third-order valence-corrected chi connectivity index (χ3v) is 7.71. The van der Waals surface area contributed by atoms with Gasteiger partial charge in [-0.05, 0) is 82.1 Å². The largest absolute Gasteiger partial charge is 0.355 e. The number of nitrogens with one attached hydrogen (secondary N) is 1. The molecule has 0 saturated heterocycles. The highest BCUT2D eigenvalue weighted by Gasteiger charge is 2.63. The Labute approximate surface area is 216 Å². The fraction of sp³-hybridized carbons (Fsp3) is 0.517. The Bertz CT molecular complexity index is 1120. The van der Waals surface area contributed by atoms with Gasteiger partial charge in [0.05, 0.1) is 0 Å². The molecule has 4 nitrogen and oxygen atoms in total. The van der Waals surface area contributed by atoms with Crippen molar-refractivity contribution in [2.75, 3.05) is 20.6 Å². The van der Waals surface area contributed by atoms with Crippen LogP contribution in [0.3, 0.4) is 0 Å². The van der Waals surface area contributed by atoms with Crippen LogP contribution in [0.5, 0.6) is 0 Å². The van der Waals surface area contributed by atoms with Gasteiger partial charge in [0, 0.05) is 48.4 Å². The Balaban J connectivity index is 1.73. The van der Waals surface area contributed by atoms with Gasteiger partial charge in [0.2, 0.25) is 5.91 Å². The van der Waals surface area contributed by atoms with E-state index in [0.717, 1.165) is 30.2 Å². The Morgan fingerprint density at radius 2 is 1.70 bits per heavy atom. The summed E-state index contributed by atoms with van der Waals surface area (Å²) in [5.41, 5.74) is 1.26. The number of carbonyl (C=O) groups excluding carboxylic acids is 2. The van der Waals surface area contributed by atoms with Crippen molar-refractivity contribution in [3.8, 4) is 0 Å². The van der Waals surface area contributed by atoms with E-state index in [4.69, 9.17) is 0 Å². The molecular weight excluding hydrogens is 484 g/mol. The number of carbonyl (C=O) groups is 2. The average molecular weight is 521 g/mol. The molecule has 0 heterocycles. The monoisotopic (exact) mass is 520 g/mol. The molecule has 1 N–H and O–H groups in total. The maximum atomic E-state index is 14.6. The Hall–Kier alpha value is -2.74. The number of alkyl halides is 2. The lowest BCUT2D eigenvalue weighted by atomic mass is 9.77. The number of benzene rings is 2. The van der Waals surface area contributed by atoms with E-state index in [0.29, 0.717) is 24.5 Å². The summed E-state index contributed by atoms with van der Waals surface area (Å²) in [6.45, 7) is 4.83. The lowest BCUT2D eigenvalue weighted by Gasteiger charge is -2.32. The van der Waals surface area contributed by atoms with Gasteiger partial charge in [0.15, 0.2) is 5.78 Å². The fourth-order valence-corrected chi connectivity index (χ4v) is 5.12. The highest BCUT2D eigenvalue weighted by atomic mass is 19.3. The van der Waals surface area contributed by atoms with Crippen LogP contribution in [-0.2, 0) is 11.2 Å². The minimum Gasteiger partial charge on any atom is -0.355 e. The van der Waals surface area contributed by atoms with Crippen molar-refractivity contribution in [3.05, 3.63) is 70.3 Å². The number of hydrogen-bond acceptors (Lipinski definition) is 3. The number of aryl methyl sites for hydroxylation is 1. The third kappa shape index (κ3) is 6.78. The molecule has 37 heavy (non-hydrogen) atoms. The van der Waals surface area contributed by atoms with Gasteiger partial charge in [-0.15, -0.1) is 0 Å². The number of Topliss-reactive ketones (excluding diaryl/α,β-unsaturated/α-hetero) is 1. The second-order valence-electron chi connectivity index (χ2n) is 10.5. The van der Waals surface area contributed by atoms with Crippen LogP contribution in [0.15, 0.2) is 36.4 Å². The van der Waals surface area contributed by atoms with Crippen LogP contribution in [0.2, 0.25) is 0 Å². The van der Waals surface area contributed by atoms with Crippen LogP contribution in [0.1, 0.15) is 72.5 Å². The molecule has 0 spiro atoms. The predicted molar refractivity (Wildman–Crippen MR) is 136 cm³/mol. The molecule has 0 bridgehead atoms. The SMILES string of the molecule is CCC(=O)c1ccc(C[C@@H](CNC(=O)C[C@@H](c2cc(F)cc(F)c2)C2(C(C)(F)F)CC2)N(C)C)c(C)c1. The number of hydrogen-bond donors (Lipinski definition) is 1. The van der Waals surface area contributed by atoms with E-state index in [1.807, 2.05) is 51.0 Å². The molecule has 2 aromatic rings. The van der Waals surface area contributed by atoms with Crippen molar-refractivity contribution < 1.29 is 27.2 Å². The van der Waals surface area contributed by atoms with Crippen molar-refractivity contribution in [2.24, 2.45) is 5.41 Å². The van der Waals surface area contributed by atoms with Crippen LogP contribution < -0.4 is 5.32 Å². The predicted octanol–water partition coefficient (Wildman–Crippen LogP) is 6.06. The van der Waals surface area contributed by atoms with Crippen molar-refractivity contribution in [1.82, 2.24) is 10.2 Å². The molecule has 1 amide bonds. The number of amides is 1. The van der Waals surface area contributed by atoms with E-state index in [9.17, 15) is 27.2 Å². The molecule has 1 aliphatic rings. The summed E-state index contributed by atoms with van der Waals surface area (Å²) < 4.78 is 57.1. The first-order valence-electron chi connectivity index (χ1n) is 12.7. The molecule has 2 aromatic carbocycles. The number of rotatable bonds is 12. The minimum atomic E-state index is -3.10. The normalized spacial score (nSPS) is 16.4. The van der Waals surface area contributed by atoms with Crippen molar-refractivity contribution in [2.45, 2.75) is 70.8 Å². The van der Waals surface area contributed by atoms with Gasteiger partial charge in [-0.2, -0.15) is 0 Å². The van der Waals surface area contributed by atoms with Gasteiger partial charge in [-0.25, -0.2) is 17.6 Å². The van der Waals surface area contributed by atoms with E-state index in [-0.39, 0.29) is 43.2 Å². The Morgan fingerprint density at radius 1 is 1.08 bits per heavy atom. The van der Waals surface area contributed by atoms with Gasteiger partial charge >= 0.3 is 0 Å². The summed E-state index contributed by atoms with van der Waals surface area (Å²) in [7, 11) is 3.77. The molecule has 0 aliphatic heterocycles. The number of ketones is 1. The summed E-state index contributed by atoms with van der Waals surface area (Å²) in [5.74, 6) is -6.20. The van der Waals surface area contributed by atoms with Gasteiger partial charge in [0.1, 0.15) is 11.6 Å². The fourth-order valence-electron chi connectivity index (χ4n) is 5.12. The summed E-state index contributed by atoms with van der Waals surface area (Å²) in [4.78, 5) is 27.0. The van der Waals surface area contributed by atoms with Gasteiger partial charge in [-0.3, -0.25) is 9.59 Å². The van der Waals surface area contributed by atoms with E-state index in [1.165, 1.54) is 0 Å². The second-order valence-corrected chi connectivity index (χ2v) is 10.5. The van der Waals surface area contributed by atoms with E-state index < -0.39 is 34.8 Å². The van der Waals surface area contributed by atoms with Crippen molar-refractivity contribution in [3.63, 3.8) is 0 Å². The molecule has 8 heteroatoms. The summed E-state index contributed by atoms with van der Waals surface area (Å²) in [5, 5.41) is 2.86. The number of halogens is 4. The van der Waals surface area contributed by atoms with Crippen molar-refractivity contribution >= 4 is 11.7 Å². The molecule has 1 aliphatic carbocycles. The Kier molecular flexibility index (Phi) is 8.83. The van der Waals surface area contributed by atoms with E-state index in [2.05, 4.69) is 5.32 Å². The highest BCUT2D eigenvalue weighted by molar-refractivity contribution is 5.96. The molecule has 202 valence electrons. The molecule has 0 aromatic heterocycles. The Morgan fingerprint density at radius 3 is 2.19 bits per heavy atom. The lowest BCUT2D eigenvalue weighted by molar-refractivity contribution is -0.123. The van der Waals surface area contributed by atoms with Crippen LogP contribution in [0.25, 0.3) is 0 Å². The maximum absolute atomic E-state index is 14.6. The van der Waals surface area contributed by atoms with E-state index in [1.54, 1.807) is 0 Å². The maximum Gasteiger partial charge on any atom is 0.251 e. The van der Waals surface area contributed by atoms with Gasteiger partial charge in [-0.1, -0.05) is 19.1 Å². The topological polar surface area (TPSA) is 49.4 Å². The van der Waals surface area contributed by atoms with Gasteiger partial charge in [0.25, 0.3) is 5.92 Å². The van der Waals surface area contributed by atoms with Gasteiger partial charge < -0.3 is 10.2 Å². The molecule has 1 fully saturated rings. The van der Waals surface area contributed by atoms with Crippen LogP contribution in [-0.4, -0.2) is 49.2 Å². The van der Waals surface area contributed by atoms with E-state index >= 15 is 0 Å². The van der Waals surface area contributed by atoms with Crippen LogP contribution in [0.4, 0.5) is 17.6 Å². The molecule has 1 saturated carbocycles. The summed E-state index contributed by atoms with van der Waals surface area (Å²) in [6, 6.07) is 8.29. The summed E-state index contributed by atoms with van der Waals surface area (Å²) >= 11 is 0. The molecular formula is C29H36F4N2O2. The third-order valence-electron chi connectivity index (χ3n) is 7.71. The first-order chi connectivity index (χ1) is 17.3. The number of nitrogens with zero attached hydrogens (tertiary/aromatic N) is 1. The first-order valence-corrected chi connectivity index (χ1v) is 12.7.